The number of nitrogens with zero attached hydrogens (tertiary/aromatic N) is 1. The standard InChI is InChI=1S/C12H15BrN2O2S/c1-8(12(17)15-6-2-3-7-15)14-11(16)9-4-5-10(13)18-9/h4-5,8H,2-3,6-7H2,1H3,(H,14,16). The highest BCUT2D eigenvalue weighted by Gasteiger charge is 2.24. The maximum absolute atomic E-state index is 12.0. The van der Waals surface area contributed by atoms with Crippen LogP contribution in [0.5, 0.6) is 0 Å². The summed E-state index contributed by atoms with van der Waals surface area (Å²) in [5.41, 5.74) is 0. The molecule has 2 heterocycles. The molecule has 0 saturated carbocycles. The molecule has 0 aliphatic carbocycles. The molecule has 0 spiro atoms. The molecular weight excluding hydrogens is 316 g/mol. The predicted octanol–water partition coefficient (Wildman–Crippen LogP) is 2.25. The molecule has 98 valence electrons. The molecule has 2 amide bonds. The van der Waals surface area contributed by atoms with Crippen molar-refractivity contribution < 1.29 is 9.59 Å². The number of hydrogen-bond acceptors (Lipinski definition) is 3. The number of likely N-dealkylation sites (tertiary alicyclic amines) is 1. The van der Waals surface area contributed by atoms with Gasteiger partial charge in [0.1, 0.15) is 6.04 Å². The summed E-state index contributed by atoms with van der Waals surface area (Å²) >= 11 is 4.67. The molecule has 1 aromatic heterocycles. The van der Waals surface area contributed by atoms with Crippen molar-refractivity contribution in [2.75, 3.05) is 13.1 Å². The van der Waals surface area contributed by atoms with Crippen molar-refractivity contribution in [2.24, 2.45) is 0 Å². The highest BCUT2D eigenvalue weighted by Crippen LogP contribution is 2.22. The number of nitrogens with one attached hydrogen (secondary N) is 1. The first kappa shape index (κ1) is 13.5. The van der Waals surface area contributed by atoms with Gasteiger partial charge in [0.25, 0.3) is 5.91 Å². The maximum Gasteiger partial charge on any atom is 0.262 e. The van der Waals surface area contributed by atoms with E-state index >= 15 is 0 Å². The molecule has 1 aliphatic rings. The normalized spacial score (nSPS) is 16.7. The minimum atomic E-state index is -0.462. The van der Waals surface area contributed by atoms with Crippen LogP contribution in [0, 0.1) is 0 Å². The SMILES string of the molecule is CC(NC(=O)c1ccc(Br)s1)C(=O)N1CCCC1. The molecule has 1 unspecified atom stereocenters. The monoisotopic (exact) mass is 330 g/mol. The molecule has 4 nitrogen and oxygen atoms in total. The Balaban J connectivity index is 1.92. The highest BCUT2D eigenvalue weighted by molar-refractivity contribution is 9.11. The number of hydrogen-bond donors (Lipinski definition) is 1. The van der Waals surface area contributed by atoms with Crippen LogP contribution >= 0.6 is 27.3 Å². The van der Waals surface area contributed by atoms with Gasteiger partial charge in [0, 0.05) is 13.1 Å². The van der Waals surface area contributed by atoms with Crippen molar-refractivity contribution in [3.8, 4) is 0 Å². The van der Waals surface area contributed by atoms with Gasteiger partial charge < -0.3 is 10.2 Å². The van der Waals surface area contributed by atoms with Crippen molar-refractivity contribution >= 4 is 39.1 Å². The zero-order valence-corrected chi connectivity index (χ0v) is 12.5. The van der Waals surface area contributed by atoms with Crippen LogP contribution in [0.4, 0.5) is 0 Å². The lowest BCUT2D eigenvalue weighted by Crippen LogP contribution is -2.45. The predicted molar refractivity (Wildman–Crippen MR) is 74.8 cm³/mol. The molecule has 1 aromatic rings. The van der Waals surface area contributed by atoms with E-state index in [1.807, 2.05) is 11.0 Å². The van der Waals surface area contributed by atoms with E-state index < -0.39 is 6.04 Å². The van der Waals surface area contributed by atoms with Gasteiger partial charge in [-0.3, -0.25) is 9.59 Å². The minimum Gasteiger partial charge on any atom is -0.341 e. The van der Waals surface area contributed by atoms with E-state index in [-0.39, 0.29) is 11.8 Å². The fraction of sp³-hybridized carbons (Fsp3) is 0.500. The van der Waals surface area contributed by atoms with Crippen LogP contribution in [0.3, 0.4) is 0 Å². The third-order valence-corrected chi connectivity index (χ3v) is 4.56. The van der Waals surface area contributed by atoms with Gasteiger partial charge in [-0.25, -0.2) is 0 Å². The molecule has 1 atom stereocenters. The molecule has 1 N–H and O–H groups in total. The summed E-state index contributed by atoms with van der Waals surface area (Å²) in [6, 6.07) is 3.11. The second-order valence-electron chi connectivity index (χ2n) is 4.33. The molecule has 1 aliphatic heterocycles. The summed E-state index contributed by atoms with van der Waals surface area (Å²) in [4.78, 5) is 26.3. The Labute approximate surface area is 118 Å². The Morgan fingerprint density at radius 3 is 2.61 bits per heavy atom. The van der Waals surface area contributed by atoms with Crippen LogP contribution in [0.2, 0.25) is 0 Å². The molecule has 0 bridgehead atoms. The summed E-state index contributed by atoms with van der Waals surface area (Å²) in [5.74, 6) is -0.179. The second kappa shape index (κ2) is 5.84. The lowest BCUT2D eigenvalue weighted by Gasteiger charge is -2.20. The second-order valence-corrected chi connectivity index (χ2v) is 6.79. The number of rotatable bonds is 3. The van der Waals surface area contributed by atoms with E-state index in [0.717, 1.165) is 29.7 Å². The first-order chi connectivity index (χ1) is 8.58. The summed E-state index contributed by atoms with van der Waals surface area (Å²) in [6.07, 6.45) is 2.12. The van der Waals surface area contributed by atoms with Gasteiger partial charge in [-0.15, -0.1) is 11.3 Å². The van der Waals surface area contributed by atoms with Gasteiger partial charge in [-0.1, -0.05) is 0 Å². The number of carbonyl (C=O) groups is 2. The lowest BCUT2D eigenvalue weighted by molar-refractivity contribution is -0.131. The third-order valence-electron chi connectivity index (χ3n) is 2.93. The van der Waals surface area contributed by atoms with Crippen molar-refractivity contribution in [2.45, 2.75) is 25.8 Å². The Bertz CT molecular complexity index is 455. The van der Waals surface area contributed by atoms with Crippen molar-refractivity contribution in [1.82, 2.24) is 10.2 Å². The quantitative estimate of drug-likeness (QED) is 0.924. The summed E-state index contributed by atoms with van der Waals surface area (Å²) in [6.45, 7) is 3.36. The first-order valence-electron chi connectivity index (χ1n) is 5.93. The van der Waals surface area contributed by atoms with Crippen LogP contribution < -0.4 is 5.32 Å². The van der Waals surface area contributed by atoms with Crippen LogP contribution in [0.25, 0.3) is 0 Å². The highest BCUT2D eigenvalue weighted by atomic mass is 79.9. The van der Waals surface area contributed by atoms with E-state index in [9.17, 15) is 9.59 Å². The molecule has 0 aromatic carbocycles. The van der Waals surface area contributed by atoms with E-state index in [1.165, 1.54) is 11.3 Å². The zero-order chi connectivity index (χ0) is 13.1. The van der Waals surface area contributed by atoms with Gasteiger partial charge in [-0.2, -0.15) is 0 Å². The van der Waals surface area contributed by atoms with Gasteiger partial charge in [0.05, 0.1) is 8.66 Å². The van der Waals surface area contributed by atoms with Crippen molar-refractivity contribution in [1.29, 1.82) is 0 Å². The van der Waals surface area contributed by atoms with E-state index in [0.29, 0.717) is 4.88 Å². The summed E-state index contributed by atoms with van der Waals surface area (Å²) in [5, 5.41) is 2.75. The zero-order valence-electron chi connectivity index (χ0n) is 10.1. The van der Waals surface area contributed by atoms with Gasteiger partial charge in [0.15, 0.2) is 0 Å². The Morgan fingerprint density at radius 1 is 1.39 bits per heavy atom. The lowest BCUT2D eigenvalue weighted by atomic mass is 10.3. The first-order valence-corrected chi connectivity index (χ1v) is 7.54. The van der Waals surface area contributed by atoms with E-state index in [2.05, 4.69) is 21.2 Å². The summed E-state index contributed by atoms with van der Waals surface area (Å²) < 4.78 is 0.908. The molecule has 2 rings (SSSR count). The number of amides is 2. The Morgan fingerprint density at radius 2 is 2.06 bits per heavy atom. The average Bonchev–Trinajstić information content (AvgIpc) is 2.98. The molecule has 0 radical (unpaired) electrons. The Kier molecular flexibility index (Phi) is 4.40. The number of carbonyl (C=O) groups excluding carboxylic acids is 2. The average molecular weight is 331 g/mol. The topological polar surface area (TPSA) is 49.4 Å². The number of halogens is 1. The van der Waals surface area contributed by atoms with Crippen LogP contribution in [-0.4, -0.2) is 35.8 Å². The van der Waals surface area contributed by atoms with E-state index in [4.69, 9.17) is 0 Å². The van der Waals surface area contributed by atoms with Crippen LogP contribution in [0.1, 0.15) is 29.4 Å². The van der Waals surface area contributed by atoms with Gasteiger partial charge >= 0.3 is 0 Å². The maximum atomic E-state index is 12.0. The largest absolute Gasteiger partial charge is 0.341 e. The minimum absolute atomic E-state index is 0.0106. The fourth-order valence-corrected chi connectivity index (χ4v) is 3.27. The van der Waals surface area contributed by atoms with Crippen LogP contribution in [-0.2, 0) is 4.79 Å². The van der Waals surface area contributed by atoms with Crippen LogP contribution in [0.15, 0.2) is 15.9 Å². The molecular formula is C12H15BrN2O2S. The number of thiophene rings is 1. The van der Waals surface area contributed by atoms with Crippen molar-refractivity contribution in [3.05, 3.63) is 20.8 Å². The molecule has 1 saturated heterocycles. The van der Waals surface area contributed by atoms with Gasteiger partial charge in [-0.05, 0) is 47.8 Å². The smallest absolute Gasteiger partial charge is 0.262 e. The third kappa shape index (κ3) is 3.11. The van der Waals surface area contributed by atoms with Gasteiger partial charge in [0.2, 0.25) is 5.91 Å². The fourth-order valence-electron chi connectivity index (χ4n) is 1.98. The molecule has 6 heteroatoms. The van der Waals surface area contributed by atoms with E-state index in [1.54, 1.807) is 13.0 Å². The molecule has 1 fully saturated rings. The Hall–Kier alpha value is -0.880. The summed E-state index contributed by atoms with van der Waals surface area (Å²) in [7, 11) is 0. The van der Waals surface area contributed by atoms with Crippen molar-refractivity contribution in [3.63, 3.8) is 0 Å². The molecule has 18 heavy (non-hydrogen) atoms.